The molecule has 1 saturated heterocycles. The molecule has 0 saturated carbocycles. The van der Waals surface area contributed by atoms with Crippen molar-refractivity contribution in [1.82, 2.24) is 0 Å². The number of hydrogen-bond donors (Lipinski definition) is 5. The topological polar surface area (TPSA) is 120 Å². The lowest BCUT2D eigenvalue weighted by Crippen LogP contribution is -2.60. The van der Waals surface area contributed by atoms with Gasteiger partial charge in [-0.3, -0.25) is 0 Å². The van der Waals surface area contributed by atoms with E-state index in [0.717, 1.165) is 12.8 Å². The molecule has 23 heavy (non-hydrogen) atoms. The predicted octanol–water partition coefficient (Wildman–Crippen LogP) is -0.454. The Kier molecular flexibility index (Phi) is 8.09. The van der Waals surface area contributed by atoms with Gasteiger partial charge in [0.05, 0.1) is 12.2 Å². The minimum absolute atomic E-state index is 0.123. The second-order valence-electron chi connectivity index (χ2n) is 6.51. The summed E-state index contributed by atoms with van der Waals surface area (Å²) in [7, 11) is 0. The largest absolute Gasteiger partial charge is 0.396 e. The third kappa shape index (κ3) is 5.49. The molecule has 1 fully saturated rings. The Balaban J connectivity index is 2.66. The Morgan fingerprint density at radius 3 is 2.39 bits per heavy atom. The van der Waals surface area contributed by atoms with E-state index in [0.29, 0.717) is 6.42 Å². The van der Waals surface area contributed by atoms with Crippen molar-refractivity contribution >= 4 is 0 Å². The van der Waals surface area contributed by atoms with Crippen molar-refractivity contribution in [2.24, 2.45) is 5.92 Å². The van der Waals surface area contributed by atoms with Crippen molar-refractivity contribution in [2.45, 2.75) is 69.4 Å². The van der Waals surface area contributed by atoms with Gasteiger partial charge in [0.2, 0.25) is 0 Å². The number of ether oxygens (including phenoxy) is 2. The SMILES string of the molecule is C=C[C@](C)(CCC[C@@H](C)CO)O[C@@H]1O[C@H](CO)[C@@H](O)[C@H](O)[C@H]1O. The standard InChI is InChI=1S/C16H30O7/c1-4-16(3,7-5-6-10(2)8-17)23-15-14(21)13(20)12(19)11(9-18)22-15/h4,10-15,17-21H,1,5-9H2,2-3H3/t10-,11-,12-,13+,14-,15+,16-/m1/s1. The van der Waals surface area contributed by atoms with Gasteiger partial charge in [-0.1, -0.05) is 13.0 Å². The molecule has 1 rings (SSSR count). The molecular weight excluding hydrogens is 304 g/mol. The first-order chi connectivity index (χ1) is 10.8. The van der Waals surface area contributed by atoms with E-state index < -0.39 is 42.9 Å². The molecule has 0 aliphatic carbocycles. The molecule has 7 nitrogen and oxygen atoms in total. The van der Waals surface area contributed by atoms with Crippen molar-refractivity contribution in [3.05, 3.63) is 12.7 Å². The quantitative estimate of drug-likeness (QED) is 0.362. The number of hydrogen-bond acceptors (Lipinski definition) is 7. The van der Waals surface area contributed by atoms with E-state index in [2.05, 4.69) is 6.58 Å². The van der Waals surface area contributed by atoms with E-state index >= 15 is 0 Å². The Labute approximate surface area is 137 Å². The zero-order valence-electron chi connectivity index (χ0n) is 13.8. The average Bonchev–Trinajstić information content (AvgIpc) is 2.55. The lowest BCUT2D eigenvalue weighted by Gasteiger charge is -2.42. The smallest absolute Gasteiger partial charge is 0.187 e. The fourth-order valence-corrected chi connectivity index (χ4v) is 2.53. The van der Waals surface area contributed by atoms with Gasteiger partial charge in [-0.05, 0) is 32.1 Å². The number of rotatable bonds is 9. The molecule has 0 radical (unpaired) electrons. The Hall–Kier alpha value is -0.540. The van der Waals surface area contributed by atoms with E-state index in [9.17, 15) is 20.4 Å². The first-order valence-corrected chi connectivity index (χ1v) is 8.00. The summed E-state index contributed by atoms with van der Waals surface area (Å²) in [6.07, 6.45) is -2.69. The molecule has 7 heteroatoms. The summed E-state index contributed by atoms with van der Waals surface area (Å²) >= 11 is 0. The summed E-state index contributed by atoms with van der Waals surface area (Å²) < 4.78 is 11.1. The monoisotopic (exact) mass is 334 g/mol. The zero-order chi connectivity index (χ0) is 17.6. The van der Waals surface area contributed by atoms with Crippen LogP contribution in [0.25, 0.3) is 0 Å². The minimum Gasteiger partial charge on any atom is -0.396 e. The molecule has 0 aromatic carbocycles. The van der Waals surface area contributed by atoms with Gasteiger partial charge in [0.1, 0.15) is 24.4 Å². The van der Waals surface area contributed by atoms with E-state index in [4.69, 9.17) is 14.6 Å². The highest BCUT2D eigenvalue weighted by Crippen LogP contribution is 2.29. The molecule has 5 N–H and O–H groups in total. The first-order valence-electron chi connectivity index (χ1n) is 8.00. The van der Waals surface area contributed by atoms with Crippen LogP contribution >= 0.6 is 0 Å². The predicted molar refractivity (Wildman–Crippen MR) is 83.6 cm³/mol. The fraction of sp³-hybridized carbons (Fsp3) is 0.875. The van der Waals surface area contributed by atoms with Crippen LogP contribution in [0.2, 0.25) is 0 Å². The first kappa shape index (κ1) is 20.5. The van der Waals surface area contributed by atoms with Crippen LogP contribution in [0.1, 0.15) is 33.1 Å². The van der Waals surface area contributed by atoms with Gasteiger partial charge in [0, 0.05) is 6.61 Å². The maximum Gasteiger partial charge on any atom is 0.187 e. The van der Waals surface area contributed by atoms with Crippen LogP contribution in [0.15, 0.2) is 12.7 Å². The highest BCUT2D eigenvalue weighted by molar-refractivity contribution is 4.96. The second kappa shape index (κ2) is 9.08. The third-order valence-electron chi connectivity index (χ3n) is 4.35. The van der Waals surface area contributed by atoms with Crippen molar-refractivity contribution in [2.75, 3.05) is 13.2 Å². The lowest BCUT2D eigenvalue weighted by molar-refractivity contribution is -0.319. The van der Waals surface area contributed by atoms with E-state index in [1.54, 1.807) is 13.0 Å². The van der Waals surface area contributed by atoms with Crippen molar-refractivity contribution in [3.63, 3.8) is 0 Å². The van der Waals surface area contributed by atoms with Crippen LogP contribution in [0, 0.1) is 5.92 Å². The fourth-order valence-electron chi connectivity index (χ4n) is 2.53. The molecule has 1 aliphatic heterocycles. The van der Waals surface area contributed by atoms with E-state index in [1.165, 1.54) is 0 Å². The normalized spacial score (nSPS) is 35.5. The zero-order valence-corrected chi connectivity index (χ0v) is 13.8. The molecule has 0 amide bonds. The molecular formula is C16H30O7. The van der Waals surface area contributed by atoms with Gasteiger partial charge in [-0.25, -0.2) is 0 Å². The Morgan fingerprint density at radius 1 is 1.22 bits per heavy atom. The van der Waals surface area contributed by atoms with Crippen LogP contribution in [0.4, 0.5) is 0 Å². The maximum absolute atomic E-state index is 10.0. The molecule has 0 aromatic heterocycles. The average molecular weight is 334 g/mol. The molecule has 7 atom stereocenters. The van der Waals surface area contributed by atoms with Crippen molar-refractivity contribution in [3.8, 4) is 0 Å². The van der Waals surface area contributed by atoms with Gasteiger partial charge in [-0.2, -0.15) is 0 Å². The summed E-state index contributed by atoms with van der Waals surface area (Å²) in [5, 5.41) is 47.8. The molecule has 1 aliphatic rings. The summed E-state index contributed by atoms with van der Waals surface area (Å²) in [4.78, 5) is 0. The molecule has 0 unspecified atom stereocenters. The summed E-state index contributed by atoms with van der Waals surface area (Å²) in [5.41, 5.74) is -0.803. The molecule has 0 spiro atoms. The van der Waals surface area contributed by atoms with Gasteiger partial charge in [0.15, 0.2) is 6.29 Å². The van der Waals surface area contributed by atoms with Crippen molar-refractivity contribution < 1.29 is 35.0 Å². The maximum atomic E-state index is 10.0. The van der Waals surface area contributed by atoms with Crippen LogP contribution in [-0.4, -0.2) is 75.1 Å². The van der Waals surface area contributed by atoms with Gasteiger partial charge >= 0.3 is 0 Å². The van der Waals surface area contributed by atoms with E-state index in [1.807, 2.05) is 6.92 Å². The van der Waals surface area contributed by atoms with Crippen LogP contribution in [0.3, 0.4) is 0 Å². The molecule has 0 bridgehead atoms. The summed E-state index contributed by atoms with van der Waals surface area (Å²) in [6.45, 7) is 7.10. The minimum atomic E-state index is -1.46. The van der Waals surface area contributed by atoms with Crippen molar-refractivity contribution in [1.29, 1.82) is 0 Å². The molecule has 136 valence electrons. The van der Waals surface area contributed by atoms with Crippen LogP contribution < -0.4 is 0 Å². The van der Waals surface area contributed by atoms with Gasteiger partial charge in [0.25, 0.3) is 0 Å². The number of aliphatic hydroxyl groups excluding tert-OH is 5. The highest BCUT2D eigenvalue weighted by Gasteiger charge is 2.45. The summed E-state index contributed by atoms with van der Waals surface area (Å²) in [5.74, 6) is 0.191. The lowest BCUT2D eigenvalue weighted by atomic mass is 9.94. The highest BCUT2D eigenvalue weighted by atomic mass is 16.7. The van der Waals surface area contributed by atoms with Crippen LogP contribution in [-0.2, 0) is 9.47 Å². The number of aliphatic hydroxyl groups is 5. The van der Waals surface area contributed by atoms with Gasteiger partial charge < -0.3 is 35.0 Å². The molecule has 1 heterocycles. The van der Waals surface area contributed by atoms with Gasteiger partial charge in [-0.15, -0.1) is 6.58 Å². The summed E-state index contributed by atoms with van der Waals surface area (Å²) in [6, 6.07) is 0. The Morgan fingerprint density at radius 2 is 1.87 bits per heavy atom. The van der Waals surface area contributed by atoms with Crippen LogP contribution in [0.5, 0.6) is 0 Å². The Bertz CT molecular complexity index is 362. The molecule has 0 aromatic rings. The van der Waals surface area contributed by atoms with E-state index in [-0.39, 0.29) is 12.5 Å². The second-order valence-corrected chi connectivity index (χ2v) is 6.51. The third-order valence-corrected chi connectivity index (χ3v) is 4.35.